The summed E-state index contributed by atoms with van der Waals surface area (Å²) in [5, 5.41) is 8.80. The van der Waals surface area contributed by atoms with Gasteiger partial charge in [0.2, 0.25) is 0 Å². The van der Waals surface area contributed by atoms with Gasteiger partial charge in [0, 0.05) is 29.7 Å². The molecule has 2 bridgehead atoms. The Bertz CT molecular complexity index is 1100. The van der Waals surface area contributed by atoms with Crippen LogP contribution in [0.2, 0.25) is 0 Å². The van der Waals surface area contributed by atoms with Gasteiger partial charge in [-0.25, -0.2) is 4.98 Å². The number of nitrogens with one attached hydrogen (secondary N) is 1. The van der Waals surface area contributed by atoms with Crippen molar-refractivity contribution in [2.45, 2.75) is 59.0 Å². The molecule has 0 aliphatic heterocycles. The van der Waals surface area contributed by atoms with E-state index in [1.807, 2.05) is 48.1 Å². The van der Waals surface area contributed by atoms with E-state index in [0.717, 1.165) is 46.2 Å². The highest BCUT2D eigenvalue weighted by molar-refractivity contribution is 6.07. The maximum atomic E-state index is 13.4. The number of fused-ring (bicyclic) bond motifs is 3. The van der Waals surface area contributed by atoms with Crippen molar-refractivity contribution >= 4 is 16.8 Å². The average molecular weight is 403 g/mol. The van der Waals surface area contributed by atoms with Crippen LogP contribution in [0.25, 0.3) is 22.2 Å². The van der Waals surface area contributed by atoms with E-state index in [1.54, 1.807) is 0 Å². The fraction of sp³-hybridized carbons (Fsp3) is 0.480. The van der Waals surface area contributed by atoms with Gasteiger partial charge in [-0.2, -0.15) is 5.10 Å². The lowest BCUT2D eigenvalue weighted by atomic mass is 9.84. The number of carbonyl (C=O) groups excluding carboxylic acids is 1. The van der Waals surface area contributed by atoms with Crippen molar-refractivity contribution in [2.24, 2.45) is 17.8 Å². The Balaban J connectivity index is 1.49. The lowest BCUT2D eigenvalue weighted by molar-refractivity contribution is 0.0917. The van der Waals surface area contributed by atoms with Gasteiger partial charge in [-0.3, -0.25) is 9.48 Å². The lowest BCUT2D eigenvalue weighted by Gasteiger charge is -2.28. The summed E-state index contributed by atoms with van der Waals surface area (Å²) >= 11 is 0. The Hall–Kier alpha value is -2.69. The molecule has 0 saturated heterocycles. The van der Waals surface area contributed by atoms with E-state index in [-0.39, 0.29) is 11.9 Å². The molecular formula is C25H30N4O. The summed E-state index contributed by atoms with van der Waals surface area (Å²) in [6.07, 6.45) is 7.35. The molecule has 2 aliphatic rings. The molecule has 5 rings (SSSR count). The minimum absolute atomic E-state index is 0.00524. The Morgan fingerprint density at radius 3 is 2.80 bits per heavy atom. The zero-order valence-electron chi connectivity index (χ0n) is 18.1. The summed E-state index contributed by atoms with van der Waals surface area (Å²) in [5.74, 6) is 2.29. The average Bonchev–Trinajstić information content (AvgIpc) is 3.48. The molecule has 2 aliphatic carbocycles. The van der Waals surface area contributed by atoms with E-state index in [0.29, 0.717) is 11.5 Å². The van der Waals surface area contributed by atoms with E-state index in [1.165, 1.54) is 25.7 Å². The van der Waals surface area contributed by atoms with Gasteiger partial charge in [0.25, 0.3) is 5.91 Å². The quantitative estimate of drug-likeness (QED) is 0.655. The topological polar surface area (TPSA) is 59.8 Å². The second kappa shape index (κ2) is 7.53. The molecule has 1 aromatic carbocycles. The molecule has 156 valence electrons. The normalized spacial score (nSPS) is 23.8. The van der Waals surface area contributed by atoms with Crippen LogP contribution >= 0.6 is 0 Å². The molecule has 3 aromatic rings. The molecule has 4 atom stereocenters. The summed E-state index contributed by atoms with van der Waals surface area (Å²) in [7, 11) is 0. The third kappa shape index (κ3) is 3.30. The second-order valence-corrected chi connectivity index (χ2v) is 9.16. The van der Waals surface area contributed by atoms with Gasteiger partial charge in [-0.05, 0) is 69.9 Å². The molecule has 2 saturated carbocycles. The zero-order chi connectivity index (χ0) is 20.8. The Labute approximate surface area is 177 Å². The van der Waals surface area contributed by atoms with Gasteiger partial charge in [0.1, 0.15) is 0 Å². The first kappa shape index (κ1) is 19.3. The highest BCUT2D eigenvalue weighted by atomic mass is 16.1. The minimum atomic E-state index is 0.00524. The molecule has 1 amide bonds. The summed E-state index contributed by atoms with van der Waals surface area (Å²) in [4.78, 5) is 18.3. The number of para-hydroxylation sites is 1. The number of nitrogens with zero attached hydrogens (tertiary/aromatic N) is 3. The van der Waals surface area contributed by atoms with Crippen molar-refractivity contribution < 1.29 is 4.79 Å². The fourth-order valence-corrected chi connectivity index (χ4v) is 5.73. The predicted molar refractivity (Wildman–Crippen MR) is 119 cm³/mol. The van der Waals surface area contributed by atoms with Gasteiger partial charge >= 0.3 is 0 Å². The molecule has 30 heavy (non-hydrogen) atoms. The molecular weight excluding hydrogens is 372 g/mol. The van der Waals surface area contributed by atoms with E-state index in [4.69, 9.17) is 4.98 Å². The van der Waals surface area contributed by atoms with Crippen LogP contribution in [0.5, 0.6) is 0 Å². The van der Waals surface area contributed by atoms with Crippen molar-refractivity contribution in [1.29, 1.82) is 0 Å². The number of amides is 1. The van der Waals surface area contributed by atoms with Gasteiger partial charge in [0.05, 0.1) is 22.5 Å². The minimum Gasteiger partial charge on any atom is -0.349 e. The number of hydrogen-bond donors (Lipinski definition) is 1. The van der Waals surface area contributed by atoms with Crippen molar-refractivity contribution in [3.8, 4) is 11.3 Å². The monoisotopic (exact) mass is 402 g/mol. The van der Waals surface area contributed by atoms with Crippen LogP contribution in [0.4, 0.5) is 0 Å². The smallest absolute Gasteiger partial charge is 0.252 e. The van der Waals surface area contributed by atoms with E-state index in [2.05, 4.69) is 24.3 Å². The van der Waals surface area contributed by atoms with Gasteiger partial charge in [0.15, 0.2) is 0 Å². The van der Waals surface area contributed by atoms with Crippen molar-refractivity contribution in [3.05, 3.63) is 47.8 Å². The third-order valence-electron chi connectivity index (χ3n) is 7.30. The summed E-state index contributed by atoms with van der Waals surface area (Å²) in [5.41, 5.74) is 4.27. The Kier molecular flexibility index (Phi) is 4.84. The number of hydrogen-bond acceptors (Lipinski definition) is 3. The van der Waals surface area contributed by atoms with Crippen LogP contribution in [0.1, 0.15) is 55.6 Å². The van der Waals surface area contributed by atoms with Gasteiger partial charge in [-0.15, -0.1) is 0 Å². The largest absolute Gasteiger partial charge is 0.349 e. The van der Waals surface area contributed by atoms with Crippen LogP contribution < -0.4 is 5.32 Å². The number of benzene rings is 1. The number of rotatable bonds is 5. The third-order valence-corrected chi connectivity index (χ3v) is 7.30. The van der Waals surface area contributed by atoms with Crippen LogP contribution in [-0.2, 0) is 6.54 Å². The van der Waals surface area contributed by atoms with Crippen LogP contribution in [0.3, 0.4) is 0 Å². The first-order chi connectivity index (χ1) is 14.5. The first-order valence-electron chi connectivity index (χ1n) is 11.3. The highest BCUT2D eigenvalue weighted by Gasteiger charge is 2.42. The maximum Gasteiger partial charge on any atom is 0.252 e. The van der Waals surface area contributed by atoms with E-state index < -0.39 is 0 Å². The van der Waals surface area contributed by atoms with Crippen molar-refractivity contribution in [3.63, 3.8) is 0 Å². The Morgan fingerprint density at radius 2 is 2.10 bits per heavy atom. The molecule has 0 radical (unpaired) electrons. The molecule has 2 aromatic heterocycles. The molecule has 0 spiro atoms. The maximum absolute atomic E-state index is 13.4. The number of aryl methyl sites for hydroxylation is 2. The van der Waals surface area contributed by atoms with E-state index >= 15 is 0 Å². The number of aromatic nitrogens is 3. The van der Waals surface area contributed by atoms with Crippen LogP contribution in [0, 0.1) is 24.7 Å². The second-order valence-electron chi connectivity index (χ2n) is 9.16. The standard InChI is InChI=1S/C25H30N4O/c1-4-29-14-22(16(3)28-29)24-13-21(19-7-5-6-8-23(19)27-24)25(30)26-15(2)20-12-17-9-10-18(20)11-17/h5-8,13-15,17-18,20H,4,9-12H2,1-3H3,(H,26,30)/t15-,17-,18-,20-/m1/s1. The zero-order valence-corrected chi connectivity index (χ0v) is 18.1. The van der Waals surface area contributed by atoms with Crippen molar-refractivity contribution in [2.75, 3.05) is 0 Å². The van der Waals surface area contributed by atoms with Gasteiger partial charge in [-0.1, -0.05) is 24.6 Å². The molecule has 1 N–H and O–H groups in total. The fourth-order valence-electron chi connectivity index (χ4n) is 5.73. The molecule has 0 unspecified atom stereocenters. The molecule has 2 fully saturated rings. The number of carbonyl (C=O) groups is 1. The van der Waals surface area contributed by atoms with Gasteiger partial charge < -0.3 is 5.32 Å². The summed E-state index contributed by atoms with van der Waals surface area (Å²) < 4.78 is 1.92. The molecule has 2 heterocycles. The first-order valence-corrected chi connectivity index (χ1v) is 11.3. The van der Waals surface area contributed by atoms with Crippen LogP contribution in [-0.4, -0.2) is 26.7 Å². The number of pyridine rings is 1. The lowest BCUT2D eigenvalue weighted by Crippen LogP contribution is -2.40. The molecule has 5 heteroatoms. The Morgan fingerprint density at radius 1 is 1.27 bits per heavy atom. The van der Waals surface area contributed by atoms with E-state index in [9.17, 15) is 4.79 Å². The summed E-state index contributed by atoms with van der Waals surface area (Å²) in [6, 6.07) is 10.1. The summed E-state index contributed by atoms with van der Waals surface area (Å²) in [6.45, 7) is 7.06. The predicted octanol–water partition coefficient (Wildman–Crippen LogP) is 4.98. The van der Waals surface area contributed by atoms with Crippen LogP contribution in [0.15, 0.2) is 36.5 Å². The SMILES string of the molecule is CCn1cc(-c2cc(C(=O)N[C@H](C)[C@H]3C[C@@H]4CC[C@@H]3C4)c3ccccc3n2)c(C)n1. The highest BCUT2D eigenvalue weighted by Crippen LogP contribution is 2.49. The van der Waals surface area contributed by atoms with Crippen molar-refractivity contribution in [1.82, 2.24) is 20.1 Å². The molecule has 5 nitrogen and oxygen atoms in total.